The van der Waals surface area contributed by atoms with Gasteiger partial charge in [-0.05, 0) is 18.6 Å². The Morgan fingerprint density at radius 3 is 2.50 bits per heavy atom. The van der Waals surface area contributed by atoms with Crippen molar-refractivity contribution in [1.82, 2.24) is 9.97 Å². The van der Waals surface area contributed by atoms with Crippen molar-refractivity contribution in [3.63, 3.8) is 0 Å². The number of aryl methyl sites for hydroxylation is 1. The van der Waals surface area contributed by atoms with E-state index in [1.807, 2.05) is 30.1 Å². The SMILES string of the molecule is Cc1ccccc1N(C)c1cc(NN)nc(C(C)C)n1. The molecule has 0 aliphatic rings. The number of nitrogens with one attached hydrogen (secondary N) is 1. The molecule has 106 valence electrons. The second-order valence-corrected chi connectivity index (χ2v) is 5.11. The number of benzene rings is 1. The van der Waals surface area contributed by atoms with Gasteiger partial charge in [0.05, 0.1) is 0 Å². The van der Waals surface area contributed by atoms with Crippen molar-refractivity contribution in [2.75, 3.05) is 17.4 Å². The predicted octanol–water partition coefficient (Wildman–Crippen LogP) is 2.96. The Kier molecular flexibility index (Phi) is 4.20. The van der Waals surface area contributed by atoms with Crippen LogP contribution in [-0.4, -0.2) is 17.0 Å². The van der Waals surface area contributed by atoms with Crippen LogP contribution in [0.2, 0.25) is 0 Å². The van der Waals surface area contributed by atoms with E-state index in [0.29, 0.717) is 5.82 Å². The molecule has 0 atom stereocenters. The lowest BCUT2D eigenvalue weighted by Crippen LogP contribution is -2.17. The average Bonchev–Trinajstić information content (AvgIpc) is 2.46. The lowest BCUT2D eigenvalue weighted by molar-refractivity contribution is 0.773. The van der Waals surface area contributed by atoms with Crippen molar-refractivity contribution in [1.29, 1.82) is 0 Å². The van der Waals surface area contributed by atoms with Gasteiger partial charge in [0.2, 0.25) is 0 Å². The van der Waals surface area contributed by atoms with Gasteiger partial charge in [0.15, 0.2) is 0 Å². The standard InChI is InChI=1S/C15H21N5/c1-10(2)15-17-13(19-16)9-14(18-15)20(4)12-8-6-5-7-11(12)3/h5-10H,16H2,1-4H3,(H,17,18,19). The Hall–Kier alpha value is -2.14. The predicted molar refractivity (Wildman–Crippen MR) is 83.2 cm³/mol. The number of aromatic nitrogens is 2. The first-order valence-electron chi connectivity index (χ1n) is 6.68. The lowest BCUT2D eigenvalue weighted by Gasteiger charge is -2.22. The van der Waals surface area contributed by atoms with E-state index in [2.05, 4.69) is 48.3 Å². The van der Waals surface area contributed by atoms with Gasteiger partial charge in [-0.2, -0.15) is 0 Å². The van der Waals surface area contributed by atoms with Gasteiger partial charge in [0.25, 0.3) is 0 Å². The lowest BCUT2D eigenvalue weighted by atomic mass is 10.2. The van der Waals surface area contributed by atoms with Gasteiger partial charge >= 0.3 is 0 Å². The molecule has 0 radical (unpaired) electrons. The highest BCUT2D eigenvalue weighted by atomic mass is 15.3. The van der Waals surface area contributed by atoms with Gasteiger partial charge in [-0.1, -0.05) is 32.0 Å². The summed E-state index contributed by atoms with van der Waals surface area (Å²) in [6, 6.07) is 10.0. The summed E-state index contributed by atoms with van der Waals surface area (Å²) < 4.78 is 0. The van der Waals surface area contributed by atoms with Crippen LogP contribution in [0.25, 0.3) is 0 Å². The van der Waals surface area contributed by atoms with Crippen LogP contribution in [0.5, 0.6) is 0 Å². The summed E-state index contributed by atoms with van der Waals surface area (Å²) in [4.78, 5) is 11.0. The topological polar surface area (TPSA) is 67.1 Å². The number of nitrogen functional groups attached to an aromatic ring is 1. The molecule has 2 aromatic rings. The van der Waals surface area contributed by atoms with Crippen LogP contribution in [0.1, 0.15) is 31.2 Å². The fourth-order valence-electron chi connectivity index (χ4n) is 2.02. The van der Waals surface area contributed by atoms with Crippen molar-refractivity contribution in [3.05, 3.63) is 41.7 Å². The molecule has 0 saturated heterocycles. The maximum absolute atomic E-state index is 5.50. The molecule has 3 N–H and O–H groups in total. The highest BCUT2D eigenvalue weighted by Gasteiger charge is 2.13. The normalized spacial score (nSPS) is 10.7. The van der Waals surface area contributed by atoms with Gasteiger partial charge in [-0.15, -0.1) is 0 Å². The zero-order chi connectivity index (χ0) is 14.7. The molecule has 0 saturated carbocycles. The van der Waals surface area contributed by atoms with Crippen LogP contribution in [-0.2, 0) is 0 Å². The molecule has 20 heavy (non-hydrogen) atoms. The summed E-state index contributed by atoms with van der Waals surface area (Å²) in [6.45, 7) is 6.21. The molecule has 0 amide bonds. The van der Waals surface area contributed by atoms with Crippen molar-refractivity contribution < 1.29 is 0 Å². The highest BCUT2D eigenvalue weighted by molar-refractivity contribution is 5.64. The van der Waals surface area contributed by atoms with E-state index in [0.717, 1.165) is 17.3 Å². The summed E-state index contributed by atoms with van der Waals surface area (Å²) in [5.74, 6) is 7.96. The maximum atomic E-state index is 5.50. The molecular formula is C15H21N5. The van der Waals surface area contributed by atoms with E-state index >= 15 is 0 Å². The van der Waals surface area contributed by atoms with E-state index in [1.165, 1.54) is 5.56 Å². The fraction of sp³-hybridized carbons (Fsp3) is 0.333. The van der Waals surface area contributed by atoms with Crippen molar-refractivity contribution >= 4 is 17.3 Å². The van der Waals surface area contributed by atoms with Crippen molar-refractivity contribution in [2.45, 2.75) is 26.7 Å². The van der Waals surface area contributed by atoms with Crippen molar-refractivity contribution in [2.24, 2.45) is 5.84 Å². The maximum Gasteiger partial charge on any atom is 0.145 e. The van der Waals surface area contributed by atoms with Gasteiger partial charge in [0, 0.05) is 24.7 Å². The Bertz CT molecular complexity index is 595. The van der Waals surface area contributed by atoms with Crippen LogP contribution < -0.4 is 16.2 Å². The minimum atomic E-state index is 0.243. The molecule has 0 aliphatic carbocycles. The number of hydrazine groups is 1. The fourth-order valence-corrected chi connectivity index (χ4v) is 2.02. The van der Waals surface area contributed by atoms with Gasteiger partial charge in [-0.3, -0.25) is 0 Å². The first-order valence-corrected chi connectivity index (χ1v) is 6.68. The second-order valence-electron chi connectivity index (χ2n) is 5.11. The average molecular weight is 271 g/mol. The van der Waals surface area contributed by atoms with Crippen LogP contribution in [0, 0.1) is 6.92 Å². The minimum absolute atomic E-state index is 0.243. The van der Waals surface area contributed by atoms with Gasteiger partial charge in [-0.25, -0.2) is 15.8 Å². The number of rotatable bonds is 4. The summed E-state index contributed by atoms with van der Waals surface area (Å²) in [6.07, 6.45) is 0. The number of nitrogens with zero attached hydrogens (tertiary/aromatic N) is 3. The van der Waals surface area contributed by atoms with Crippen LogP contribution in [0.4, 0.5) is 17.3 Å². The first kappa shape index (κ1) is 14.3. The zero-order valence-electron chi connectivity index (χ0n) is 12.4. The number of hydrogen-bond donors (Lipinski definition) is 2. The Morgan fingerprint density at radius 2 is 1.90 bits per heavy atom. The van der Waals surface area contributed by atoms with Gasteiger partial charge < -0.3 is 10.3 Å². The number of para-hydroxylation sites is 1. The molecule has 0 unspecified atom stereocenters. The van der Waals surface area contributed by atoms with E-state index < -0.39 is 0 Å². The molecule has 1 heterocycles. The molecule has 5 nitrogen and oxygen atoms in total. The Balaban J connectivity index is 2.46. The third-order valence-electron chi connectivity index (χ3n) is 3.21. The third-order valence-corrected chi connectivity index (χ3v) is 3.21. The van der Waals surface area contributed by atoms with E-state index in [4.69, 9.17) is 5.84 Å². The summed E-state index contributed by atoms with van der Waals surface area (Å²) in [7, 11) is 2.00. The molecule has 1 aromatic carbocycles. The molecule has 0 fully saturated rings. The van der Waals surface area contributed by atoms with Crippen LogP contribution in [0.3, 0.4) is 0 Å². The molecule has 5 heteroatoms. The quantitative estimate of drug-likeness (QED) is 0.661. The smallest absolute Gasteiger partial charge is 0.145 e. The van der Waals surface area contributed by atoms with E-state index in [9.17, 15) is 0 Å². The molecule has 2 rings (SSSR count). The molecular weight excluding hydrogens is 250 g/mol. The largest absolute Gasteiger partial charge is 0.329 e. The number of anilines is 3. The number of hydrogen-bond acceptors (Lipinski definition) is 5. The molecule has 0 bridgehead atoms. The van der Waals surface area contributed by atoms with Gasteiger partial charge in [0.1, 0.15) is 17.5 Å². The summed E-state index contributed by atoms with van der Waals surface area (Å²) >= 11 is 0. The second kappa shape index (κ2) is 5.88. The Labute approximate surface area is 119 Å². The molecule has 0 spiro atoms. The third kappa shape index (κ3) is 2.88. The first-order chi connectivity index (χ1) is 9.52. The monoisotopic (exact) mass is 271 g/mol. The highest BCUT2D eigenvalue weighted by Crippen LogP contribution is 2.27. The van der Waals surface area contributed by atoms with E-state index in [1.54, 1.807) is 0 Å². The minimum Gasteiger partial charge on any atom is -0.329 e. The molecule has 1 aromatic heterocycles. The summed E-state index contributed by atoms with van der Waals surface area (Å²) in [5, 5.41) is 0. The van der Waals surface area contributed by atoms with Crippen LogP contribution >= 0.6 is 0 Å². The van der Waals surface area contributed by atoms with E-state index in [-0.39, 0.29) is 5.92 Å². The molecule has 0 aliphatic heterocycles. The van der Waals surface area contributed by atoms with Crippen LogP contribution in [0.15, 0.2) is 30.3 Å². The van der Waals surface area contributed by atoms with Crippen molar-refractivity contribution in [3.8, 4) is 0 Å². The Morgan fingerprint density at radius 1 is 1.20 bits per heavy atom. The number of nitrogens with two attached hydrogens (primary N) is 1. The zero-order valence-corrected chi connectivity index (χ0v) is 12.4. The summed E-state index contributed by atoms with van der Waals surface area (Å²) in [5.41, 5.74) is 4.92.